The van der Waals surface area contributed by atoms with Crippen LogP contribution in [0.2, 0.25) is 0 Å². The van der Waals surface area contributed by atoms with Crippen molar-refractivity contribution in [1.29, 1.82) is 0 Å². The summed E-state index contributed by atoms with van der Waals surface area (Å²) in [5.74, 6) is 0.537. The van der Waals surface area contributed by atoms with Gasteiger partial charge in [-0.25, -0.2) is 0 Å². The number of benzene rings is 2. The van der Waals surface area contributed by atoms with Gasteiger partial charge in [-0.15, -0.1) is 0 Å². The highest BCUT2D eigenvalue weighted by atomic mass is 16.2. The molecule has 0 aromatic heterocycles. The number of rotatable bonds is 4. The van der Waals surface area contributed by atoms with Gasteiger partial charge in [0.2, 0.25) is 11.8 Å². The number of fused-ring (bicyclic) bond motifs is 2. The molecule has 4 aliphatic rings. The van der Waals surface area contributed by atoms with Crippen LogP contribution in [0.15, 0.2) is 42.5 Å². The predicted molar refractivity (Wildman–Crippen MR) is 128 cm³/mol. The van der Waals surface area contributed by atoms with Crippen molar-refractivity contribution in [3.63, 3.8) is 0 Å². The molecule has 0 saturated carbocycles. The molecule has 7 heteroatoms. The van der Waals surface area contributed by atoms with Gasteiger partial charge >= 0.3 is 0 Å². The number of hydrogen-bond acceptors (Lipinski definition) is 5. The molecule has 4 heterocycles. The van der Waals surface area contributed by atoms with Gasteiger partial charge in [0.25, 0.3) is 5.91 Å². The lowest BCUT2D eigenvalue weighted by Gasteiger charge is -2.29. The third kappa shape index (κ3) is 3.68. The monoisotopic (exact) mass is 458 g/mol. The fourth-order valence-electron chi connectivity index (χ4n) is 6.27. The molecule has 0 radical (unpaired) electrons. The quantitative estimate of drug-likeness (QED) is 0.689. The minimum Gasteiger partial charge on any atom is -0.366 e. The second kappa shape index (κ2) is 8.55. The van der Waals surface area contributed by atoms with E-state index in [1.807, 2.05) is 12.1 Å². The molecule has 2 atom stereocenters. The fraction of sp³-hybridized carbons (Fsp3) is 0.444. The Morgan fingerprint density at radius 2 is 1.79 bits per heavy atom. The second-order valence-corrected chi connectivity index (χ2v) is 10.0. The van der Waals surface area contributed by atoms with E-state index < -0.39 is 6.04 Å². The van der Waals surface area contributed by atoms with Gasteiger partial charge in [-0.3, -0.25) is 19.7 Å². The van der Waals surface area contributed by atoms with Gasteiger partial charge in [0.15, 0.2) is 0 Å². The maximum absolute atomic E-state index is 13.0. The first-order chi connectivity index (χ1) is 16.6. The molecule has 2 aromatic rings. The van der Waals surface area contributed by atoms with Crippen molar-refractivity contribution in [3.8, 4) is 0 Å². The molecule has 176 valence electrons. The number of amides is 3. The van der Waals surface area contributed by atoms with Crippen LogP contribution in [0.4, 0.5) is 5.69 Å². The standard InChI is InChI=1S/C27H30N4O3/c32-25-8-7-24(26(33)29-25)31-15-19-13-17(5-6-20(19)27(31)34)14-30-16-22(18-9-11-28-12-10-18)21-3-1-2-4-23(21)30/h1-6,13,18,22,24,28H,7-12,14-16H2,(H,29,32,33). The van der Waals surface area contributed by atoms with Crippen molar-refractivity contribution >= 4 is 23.4 Å². The highest BCUT2D eigenvalue weighted by Gasteiger charge is 2.39. The first-order valence-electron chi connectivity index (χ1n) is 12.4. The second-order valence-electron chi connectivity index (χ2n) is 10.0. The molecule has 2 unspecified atom stereocenters. The van der Waals surface area contributed by atoms with E-state index in [0.717, 1.165) is 31.7 Å². The number of carbonyl (C=O) groups is 3. The van der Waals surface area contributed by atoms with Crippen LogP contribution in [-0.2, 0) is 22.7 Å². The van der Waals surface area contributed by atoms with E-state index in [4.69, 9.17) is 0 Å². The highest BCUT2D eigenvalue weighted by Crippen LogP contribution is 2.43. The number of nitrogens with zero attached hydrogens (tertiary/aromatic N) is 2. The number of piperidine rings is 2. The highest BCUT2D eigenvalue weighted by molar-refractivity contribution is 6.05. The maximum Gasteiger partial charge on any atom is 0.255 e. The molecule has 0 spiro atoms. The molecular weight excluding hydrogens is 428 g/mol. The summed E-state index contributed by atoms with van der Waals surface area (Å²) in [5.41, 5.74) is 5.61. The van der Waals surface area contributed by atoms with Crippen molar-refractivity contribution < 1.29 is 14.4 Å². The van der Waals surface area contributed by atoms with Crippen molar-refractivity contribution in [2.75, 3.05) is 24.5 Å². The third-order valence-corrected chi connectivity index (χ3v) is 8.01. The summed E-state index contributed by atoms with van der Waals surface area (Å²) in [4.78, 5) is 40.9. The third-order valence-electron chi connectivity index (χ3n) is 8.01. The lowest BCUT2D eigenvalue weighted by Crippen LogP contribution is -2.52. The molecule has 0 aliphatic carbocycles. The van der Waals surface area contributed by atoms with Crippen LogP contribution >= 0.6 is 0 Å². The number of para-hydroxylation sites is 1. The van der Waals surface area contributed by atoms with E-state index in [0.29, 0.717) is 30.4 Å². The van der Waals surface area contributed by atoms with Crippen molar-refractivity contribution in [2.24, 2.45) is 5.92 Å². The van der Waals surface area contributed by atoms with E-state index in [1.165, 1.54) is 29.7 Å². The topological polar surface area (TPSA) is 81.8 Å². The van der Waals surface area contributed by atoms with E-state index in [1.54, 1.807) is 4.90 Å². The first-order valence-corrected chi connectivity index (χ1v) is 12.4. The molecule has 2 fully saturated rings. The first kappa shape index (κ1) is 21.4. The zero-order valence-electron chi connectivity index (χ0n) is 19.3. The average Bonchev–Trinajstić information content (AvgIpc) is 3.37. The van der Waals surface area contributed by atoms with E-state index in [2.05, 4.69) is 45.9 Å². The van der Waals surface area contributed by atoms with Gasteiger partial charge in [-0.05, 0) is 67.1 Å². The van der Waals surface area contributed by atoms with Gasteiger partial charge in [0, 0.05) is 43.2 Å². The Morgan fingerprint density at radius 3 is 2.62 bits per heavy atom. The van der Waals surface area contributed by atoms with Gasteiger partial charge in [0.1, 0.15) is 6.04 Å². The Kier molecular flexibility index (Phi) is 5.37. The molecule has 7 nitrogen and oxygen atoms in total. The van der Waals surface area contributed by atoms with Gasteiger partial charge in [-0.2, -0.15) is 0 Å². The van der Waals surface area contributed by atoms with Crippen LogP contribution < -0.4 is 15.5 Å². The van der Waals surface area contributed by atoms with Crippen molar-refractivity contribution in [3.05, 3.63) is 64.7 Å². The maximum atomic E-state index is 13.0. The summed E-state index contributed by atoms with van der Waals surface area (Å²) < 4.78 is 0. The number of anilines is 1. The summed E-state index contributed by atoms with van der Waals surface area (Å²) in [5, 5.41) is 5.86. The summed E-state index contributed by atoms with van der Waals surface area (Å²) in [6.45, 7) is 4.46. The molecule has 6 rings (SSSR count). The summed E-state index contributed by atoms with van der Waals surface area (Å²) >= 11 is 0. The predicted octanol–water partition coefficient (Wildman–Crippen LogP) is 2.55. The Hall–Kier alpha value is -3.19. The molecule has 2 N–H and O–H groups in total. The number of nitrogens with one attached hydrogen (secondary N) is 2. The largest absolute Gasteiger partial charge is 0.366 e. The molecule has 3 amide bonds. The van der Waals surface area contributed by atoms with Gasteiger partial charge in [0.05, 0.1) is 0 Å². The molecule has 4 aliphatic heterocycles. The SMILES string of the molecule is O=C1CCC(N2Cc3cc(CN4CC(C5CCNCC5)c5ccccc54)ccc3C2=O)C(=O)N1. The van der Waals surface area contributed by atoms with Crippen LogP contribution in [0.3, 0.4) is 0 Å². The smallest absolute Gasteiger partial charge is 0.255 e. The lowest BCUT2D eigenvalue weighted by molar-refractivity contribution is -0.136. The van der Waals surface area contributed by atoms with Crippen LogP contribution in [0.1, 0.15) is 58.6 Å². The molecule has 2 aromatic carbocycles. The molecule has 2 saturated heterocycles. The van der Waals surface area contributed by atoms with E-state index in [-0.39, 0.29) is 24.1 Å². The van der Waals surface area contributed by atoms with Crippen molar-refractivity contribution in [2.45, 2.75) is 50.7 Å². The molecule has 34 heavy (non-hydrogen) atoms. The van der Waals surface area contributed by atoms with Crippen molar-refractivity contribution in [1.82, 2.24) is 15.5 Å². The zero-order valence-corrected chi connectivity index (χ0v) is 19.3. The number of hydrogen-bond donors (Lipinski definition) is 2. The van der Waals surface area contributed by atoms with Crippen LogP contribution in [-0.4, -0.2) is 48.3 Å². The normalized spacial score (nSPS) is 24.9. The Bertz CT molecular complexity index is 1160. The summed E-state index contributed by atoms with van der Waals surface area (Å²) in [6.07, 6.45) is 3.11. The Morgan fingerprint density at radius 1 is 0.971 bits per heavy atom. The van der Waals surface area contributed by atoms with E-state index >= 15 is 0 Å². The Balaban J connectivity index is 1.20. The lowest BCUT2D eigenvalue weighted by atomic mass is 9.82. The minimum absolute atomic E-state index is 0.117. The zero-order chi connectivity index (χ0) is 23.2. The van der Waals surface area contributed by atoms with Gasteiger partial charge in [-0.1, -0.05) is 30.3 Å². The fourth-order valence-corrected chi connectivity index (χ4v) is 6.27. The van der Waals surface area contributed by atoms with Gasteiger partial charge < -0.3 is 15.1 Å². The Labute approximate surface area is 199 Å². The van der Waals surface area contributed by atoms with Crippen LogP contribution in [0.5, 0.6) is 0 Å². The minimum atomic E-state index is -0.572. The van der Waals surface area contributed by atoms with E-state index in [9.17, 15) is 14.4 Å². The molecular formula is C27H30N4O3. The average molecular weight is 459 g/mol. The van der Waals surface area contributed by atoms with Crippen LogP contribution in [0, 0.1) is 5.92 Å². The van der Waals surface area contributed by atoms with Crippen LogP contribution in [0.25, 0.3) is 0 Å². The number of carbonyl (C=O) groups excluding carboxylic acids is 3. The molecule has 0 bridgehead atoms. The summed E-state index contributed by atoms with van der Waals surface area (Å²) in [7, 11) is 0. The summed E-state index contributed by atoms with van der Waals surface area (Å²) in [6, 6.07) is 14.3. The number of imide groups is 1.